The normalized spacial score (nSPS) is 21.8. The van der Waals surface area contributed by atoms with Crippen molar-refractivity contribution in [2.24, 2.45) is 0 Å². The summed E-state index contributed by atoms with van der Waals surface area (Å²) in [6.45, 7) is 4.55. The number of hydrogen-bond donors (Lipinski definition) is 1. The lowest BCUT2D eigenvalue weighted by atomic mass is 10.1. The van der Waals surface area contributed by atoms with E-state index < -0.39 is 0 Å². The molecule has 2 heterocycles. The van der Waals surface area contributed by atoms with E-state index in [2.05, 4.69) is 22.2 Å². The molecule has 1 N–H and O–H groups in total. The van der Waals surface area contributed by atoms with Crippen LogP contribution in [0.3, 0.4) is 0 Å². The van der Waals surface area contributed by atoms with E-state index in [1.54, 1.807) is 11.3 Å². The number of aliphatic hydroxyl groups excluding tert-OH is 1. The van der Waals surface area contributed by atoms with E-state index in [4.69, 9.17) is 5.11 Å². The first-order chi connectivity index (χ1) is 7.79. The van der Waals surface area contributed by atoms with Crippen LogP contribution < -0.4 is 0 Å². The number of aliphatic hydroxyl groups is 1. The Hall–Kier alpha value is -0.450. The largest absolute Gasteiger partial charge is 0.396 e. The molecule has 0 aromatic carbocycles. The van der Waals surface area contributed by atoms with Gasteiger partial charge in [-0.25, -0.2) is 4.98 Å². The van der Waals surface area contributed by atoms with Crippen LogP contribution in [0, 0.1) is 6.92 Å². The topological polar surface area (TPSA) is 36.4 Å². The van der Waals surface area contributed by atoms with E-state index in [9.17, 15) is 0 Å². The van der Waals surface area contributed by atoms with Crippen molar-refractivity contribution in [2.45, 2.75) is 45.2 Å². The van der Waals surface area contributed by atoms with Crippen molar-refractivity contribution >= 4 is 11.3 Å². The van der Waals surface area contributed by atoms with Crippen LogP contribution in [-0.4, -0.2) is 34.2 Å². The van der Waals surface area contributed by atoms with Crippen molar-refractivity contribution in [1.82, 2.24) is 9.88 Å². The van der Waals surface area contributed by atoms with Gasteiger partial charge in [0.15, 0.2) is 0 Å². The number of aromatic nitrogens is 1. The van der Waals surface area contributed by atoms with Crippen molar-refractivity contribution in [3.63, 3.8) is 0 Å². The molecule has 1 fully saturated rings. The summed E-state index contributed by atoms with van der Waals surface area (Å²) in [5.41, 5.74) is 1.21. The van der Waals surface area contributed by atoms with Crippen molar-refractivity contribution in [1.29, 1.82) is 0 Å². The molecule has 1 atom stereocenters. The van der Waals surface area contributed by atoms with E-state index in [0.717, 1.165) is 24.4 Å². The number of likely N-dealkylation sites (tertiary alicyclic amines) is 1. The molecule has 0 saturated carbocycles. The highest BCUT2D eigenvalue weighted by Crippen LogP contribution is 2.23. The third-order valence-electron chi connectivity index (χ3n) is 3.23. The zero-order valence-electron chi connectivity index (χ0n) is 9.85. The van der Waals surface area contributed by atoms with Gasteiger partial charge in [-0.05, 0) is 39.2 Å². The second kappa shape index (κ2) is 5.75. The Morgan fingerprint density at radius 3 is 3.19 bits per heavy atom. The third kappa shape index (κ3) is 3.03. The van der Waals surface area contributed by atoms with E-state index in [0.29, 0.717) is 12.6 Å². The molecule has 4 heteroatoms. The minimum absolute atomic E-state index is 0.320. The summed E-state index contributed by atoms with van der Waals surface area (Å²) < 4.78 is 0. The van der Waals surface area contributed by atoms with Crippen molar-refractivity contribution in [3.8, 4) is 0 Å². The first-order valence-electron chi connectivity index (χ1n) is 6.05. The molecular weight excluding hydrogens is 220 g/mol. The third-order valence-corrected chi connectivity index (χ3v) is 4.05. The highest BCUT2D eigenvalue weighted by Gasteiger charge is 2.24. The number of aryl methyl sites for hydroxylation is 1. The van der Waals surface area contributed by atoms with Crippen LogP contribution in [0.2, 0.25) is 0 Å². The van der Waals surface area contributed by atoms with Crippen LogP contribution in [0.1, 0.15) is 36.4 Å². The van der Waals surface area contributed by atoms with Crippen molar-refractivity contribution < 1.29 is 5.11 Å². The van der Waals surface area contributed by atoms with Gasteiger partial charge in [0.25, 0.3) is 0 Å². The fraction of sp³-hybridized carbons (Fsp3) is 0.750. The lowest BCUT2D eigenvalue weighted by molar-refractivity contribution is 0.208. The average molecular weight is 240 g/mol. The Kier molecular flexibility index (Phi) is 4.32. The molecule has 1 aromatic heterocycles. The Morgan fingerprint density at radius 1 is 1.62 bits per heavy atom. The molecule has 16 heavy (non-hydrogen) atoms. The predicted octanol–water partition coefficient (Wildman–Crippen LogP) is 2.19. The number of hydrogen-bond acceptors (Lipinski definition) is 4. The highest BCUT2D eigenvalue weighted by atomic mass is 32.1. The average Bonchev–Trinajstić information content (AvgIpc) is 2.86. The Morgan fingerprint density at radius 2 is 2.50 bits per heavy atom. The minimum Gasteiger partial charge on any atom is -0.396 e. The maximum absolute atomic E-state index is 8.88. The molecule has 2 rings (SSSR count). The molecule has 0 radical (unpaired) electrons. The van der Waals surface area contributed by atoms with Crippen molar-refractivity contribution in [2.75, 3.05) is 13.2 Å². The van der Waals surface area contributed by atoms with Crippen LogP contribution in [0.4, 0.5) is 0 Å². The van der Waals surface area contributed by atoms with Gasteiger partial charge in [-0.15, -0.1) is 11.3 Å². The number of nitrogens with zero attached hydrogens (tertiary/aromatic N) is 2. The first kappa shape index (κ1) is 12.0. The highest BCUT2D eigenvalue weighted by molar-refractivity contribution is 7.09. The SMILES string of the molecule is Cc1nc(CN2CCCC2CCCO)cs1. The summed E-state index contributed by atoms with van der Waals surface area (Å²) in [6, 6.07) is 0.661. The summed E-state index contributed by atoms with van der Waals surface area (Å²) in [4.78, 5) is 7.03. The van der Waals surface area contributed by atoms with Crippen LogP contribution >= 0.6 is 11.3 Å². The molecule has 1 unspecified atom stereocenters. The lowest BCUT2D eigenvalue weighted by Gasteiger charge is -2.23. The predicted molar refractivity (Wildman–Crippen MR) is 66.6 cm³/mol. The summed E-state index contributed by atoms with van der Waals surface area (Å²) in [7, 11) is 0. The Bertz CT molecular complexity index is 327. The molecular formula is C12H20N2OS. The smallest absolute Gasteiger partial charge is 0.0897 e. The fourth-order valence-electron chi connectivity index (χ4n) is 2.45. The Labute approximate surface area is 101 Å². The zero-order chi connectivity index (χ0) is 11.4. The molecule has 0 aliphatic carbocycles. The fourth-order valence-corrected chi connectivity index (χ4v) is 3.05. The quantitative estimate of drug-likeness (QED) is 0.857. The molecule has 0 amide bonds. The monoisotopic (exact) mass is 240 g/mol. The standard InChI is InChI=1S/C12H20N2OS/c1-10-13-11(9-16-10)8-14-6-2-4-12(14)5-3-7-15/h9,12,15H,2-8H2,1H3. The van der Waals surface area contributed by atoms with E-state index in [1.165, 1.54) is 25.1 Å². The van der Waals surface area contributed by atoms with Gasteiger partial charge in [-0.1, -0.05) is 0 Å². The maximum Gasteiger partial charge on any atom is 0.0897 e. The maximum atomic E-state index is 8.88. The molecule has 1 aliphatic rings. The second-order valence-corrected chi connectivity index (χ2v) is 5.55. The van der Waals surface area contributed by atoms with Gasteiger partial charge in [-0.3, -0.25) is 4.90 Å². The van der Waals surface area contributed by atoms with Crippen molar-refractivity contribution in [3.05, 3.63) is 16.1 Å². The van der Waals surface area contributed by atoms with Gasteiger partial charge in [0.1, 0.15) is 0 Å². The van der Waals surface area contributed by atoms with Gasteiger partial charge < -0.3 is 5.11 Å². The summed E-state index contributed by atoms with van der Waals surface area (Å²) in [6.07, 6.45) is 4.62. The molecule has 1 aromatic rings. The van der Waals surface area contributed by atoms with Crippen LogP contribution in [0.5, 0.6) is 0 Å². The zero-order valence-corrected chi connectivity index (χ0v) is 10.7. The van der Waals surface area contributed by atoms with E-state index >= 15 is 0 Å². The molecule has 0 bridgehead atoms. The van der Waals surface area contributed by atoms with Gasteiger partial charge in [0, 0.05) is 24.6 Å². The molecule has 90 valence electrons. The Balaban J connectivity index is 1.88. The number of thiazole rings is 1. The molecule has 1 aliphatic heterocycles. The lowest BCUT2D eigenvalue weighted by Crippen LogP contribution is -2.29. The van der Waals surface area contributed by atoms with E-state index in [1.807, 2.05) is 0 Å². The first-order valence-corrected chi connectivity index (χ1v) is 6.93. The molecule has 0 spiro atoms. The number of rotatable bonds is 5. The van der Waals surface area contributed by atoms with Crippen LogP contribution in [0.15, 0.2) is 5.38 Å². The molecule has 1 saturated heterocycles. The van der Waals surface area contributed by atoms with E-state index in [-0.39, 0.29) is 0 Å². The summed E-state index contributed by atoms with van der Waals surface area (Å²) in [5, 5.41) is 12.2. The van der Waals surface area contributed by atoms with Gasteiger partial charge in [-0.2, -0.15) is 0 Å². The van der Waals surface area contributed by atoms with Gasteiger partial charge in [0.05, 0.1) is 10.7 Å². The van der Waals surface area contributed by atoms with Crippen LogP contribution in [0.25, 0.3) is 0 Å². The minimum atomic E-state index is 0.320. The van der Waals surface area contributed by atoms with Crippen LogP contribution in [-0.2, 0) is 6.54 Å². The summed E-state index contributed by atoms with van der Waals surface area (Å²) >= 11 is 1.73. The van der Waals surface area contributed by atoms with Gasteiger partial charge >= 0.3 is 0 Å². The molecule has 3 nitrogen and oxygen atoms in total. The summed E-state index contributed by atoms with van der Waals surface area (Å²) in [5.74, 6) is 0. The van der Waals surface area contributed by atoms with Gasteiger partial charge in [0.2, 0.25) is 0 Å². The second-order valence-electron chi connectivity index (χ2n) is 4.49.